The molecule has 110 valence electrons. The molecule has 3 rings (SSSR count). The van der Waals surface area contributed by atoms with Crippen molar-refractivity contribution in [1.29, 1.82) is 0 Å². The van der Waals surface area contributed by atoms with Crippen LogP contribution in [0.1, 0.15) is 36.0 Å². The van der Waals surface area contributed by atoms with Gasteiger partial charge in [0.1, 0.15) is 0 Å². The number of hydrogen-bond acceptors (Lipinski definition) is 2. The van der Waals surface area contributed by atoms with E-state index in [0.717, 1.165) is 18.4 Å². The third-order valence-corrected chi connectivity index (χ3v) is 4.95. The average Bonchev–Trinajstić information content (AvgIpc) is 3.17. The first kappa shape index (κ1) is 14.1. The summed E-state index contributed by atoms with van der Waals surface area (Å²) in [6.45, 7) is 8.05. The molecule has 2 aliphatic rings. The van der Waals surface area contributed by atoms with E-state index in [2.05, 4.69) is 36.9 Å². The van der Waals surface area contributed by atoms with E-state index in [-0.39, 0.29) is 0 Å². The topological polar surface area (TPSA) is 29.3 Å². The molecule has 1 aliphatic heterocycles. The molecule has 1 aromatic rings. The van der Waals surface area contributed by atoms with Crippen molar-refractivity contribution in [1.82, 2.24) is 4.90 Å². The first-order valence-electron chi connectivity index (χ1n) is 8.14. The third kappa shape index (κ3) is 3.62. The van der Waals surface area contributed by atoms with Gasteiger partial charge in [0.05, 0.1) is 0 Å². The van der Waals surface area contributed by atoms with Crippen molar-refractivity contribution in [3.8, 4) is 0 Å². The van der Waals surface area contributed by atoms with Crippen molar-refractivity contribution in [3.05, 3.63) is 34.9 Å². The second-order valence-electron chi connectivity index (χ2n) is 7.15. The van der Waals surface area contributed by atoms with Gasteiger partial charge in [-0.25, -0.2) is 0 Å². The Morgan fingerprint density at radius 3 is 2.60 bits per heavy atom. The summed E-state index contributed by atoms with van der Waals surface area (Å²) in [5.74, 6) is 1.71. The van der Waals surface area contributed by atoms with E-state index in [0.29, 0.717) is 6.04 Å². The maximum Gasteiger partial charge on any atom is 0.0171 e. The van der Waals surface area contributed by atoms with Crippen LogP contribution in [0, 0.1) is 25.7 Å². The minimum atomic E-state index is 0.374. The van der Waals surface area contributed by atoms with Crippen molar-refractivity contribution in [2.45, 2.75) is 45.6 Å². The predicted octanol–water partition coefficient (Wildman–Crippen LogP) is 2.91. The molecule has 2 atom stereocenters. The van der Waals surface area contributed by atoms with E-state index in [1.165, 1.54) is 55.5 Å². The van der Waals surface area contributed by atoms with Crippen molar-refractivity contribution in [3.63, 3.8) is 0 Å². The van der Waals surface area contributed by atoms with Crippen molar-refractivity contribution in [2.75, 3.05) is 19.6 Å². The van der Waals surface area contributed by atoms with Gasteiger partial charge in [0.25, 0.3) is 0 Å². The average molecular weight is 272 g/mol. The SMILES string of the molecule is Cc1ccc(CC2CC(N)CN(CC3CC3)C2)cc1C. The van der Waals surface area contributed by atoms with Gasteiger partial charge < -0.3 is 10.6 Å². The minimum Gasteiger partial charge on any atom is -0.327 e. The monoisotopic (exact) mass is 272 g/mol. The molecule has 2 unspecified atom stereocenters. The fraction of sp³-hybridized carbons (Fsp3) is 0.667. The summed E-state index contributed by atoms with van der Waals surface area (Å²) >= 11 is 0. The van der Waals surface area contributed by atoms with Crippen LogP contribution in [0.4, 0.5) is 0 Å². The number of aryl methyl sites for hydroxylation is 2. The maximum atomic E-state index is 6.28. The molecule has 0 amide bonds. The molecular weight excluding hydrogens is 244 g/mol. The molecule has 2 nitrogen and oxygen atoms in total. The second kappa shape index (κ2) is 5.87. The highest BCUT2D eigenvalue weighted by Gasteiger charge is 2.30. The van der Waals surface area contributed by atoms with Crippen LogP contribution < -0.4 is 5.73 Å². The number of benzene rings is 1. The molecule has 20 heavy (non-hydrogen) atoms. The van der Waals surface area contributed by atoms with Gasteiger partial charge in [-0.15, -0.1) is 0 Å². The summed E-state index contributed by atoms with van der Waals surface area (Å²) in [5, 5.41) is 0. The van der Waals surface area contributed by atoms with Crippen molar-refractivity contribution in [2.24, 2.45) is 17.6 Å². The molecule has 2 fully saturated rings. The zero-order valence-electron chi connectivity index (χ0n) is 12.9. The van der Waals surface area contributed by atoms with Gasteiger partial charge in [0.15, 0.2) is 0 Å². The zero-order chi connectivity index (χ0) is 14.1. The largest absolute Gasteiger partial charge is 0.327 e. The Labute approximate surface area is 123 Å². The molecule has 1 aliphatic carbocycles. The number of nitrogens with zero attached hydrogens (tertiary/aromatic N) is 1. The maximum absolute atomic E-state index is 6.28. The zero-order valence-corrected chi connectivity index (χ0v) is 12.9. The molecule has 0 radical (unpaired) electrons. The molecule has 1 aromatic carbocycles. The Kier molecular flexibility index (Phi) is 4.13. The molecule has 1 saturated heterocycles. The van der Waals surface area contributed by atoms with E-state index >= 15 is 0 Å². The number of piperidine rings is 1. The summed E-state index contributed by atoms with van der Waals surface area (Å²) < 4.78 is 0. The normalized spacial score (nSPS) is 27.8. The van der Waals surface area contributed by atoms with Gasteiger partial charge in [-0.05, 0) is 68.1 Å². The van der Waals surface area contributed by atoms with E-state index < -0.39 is 0 Å². The van der Waals surface area contributed by atoms with E-state index in [4.69, 9.17) is 5.73 Å². The van der Waals surface area contributed by atoms with Gasteiger partial charge in [0.2, 0.25) is 0 Å². The molecule has 1 heterocycles. The summed E-state index contributed by atoms with van der Waals surface area (Å²) in [5.41, 5.74) is 10.6. The van der Waals surface area contributed by atoms with Crippen LogP contribution >= 0.6 is 0 Å². The molecule has 2 N–H and O–H groups in total. The van der Waals surface area contributed by atoms with E-state index in [1.54, 1.807) is 0 Å². The highest BCUT2D eigenvalue weighted by atomic mass is 15.2. The Morgan fingerprint density at radius 2 is 1.90 bits per heavy atom. The lowest BCUT2D eigenvalue weighted by Gasteiger charge is -2.36. The third-order valence-electron chi connectivity index (χ3n) is 4.95. The lowest BCUT2D eigenvalue weighted by Crippen LogP contribution is -2.48. The lowest BCUT2D eigenvalue weighted by atomic mass is 9.88. The standard InChI is InChI=1S/C18H28N2/c1-13-3-4-16(7-14(13)2)8-17-9-18(19)12-20(11-17)10-15-5-6-15/h3-4,7,15,17-18H,5-6,8-12,19H2,1-2H3. The van der Waals surface area contributed by atoms with Gasteiger partial charge in [-0.1, -0.05) is 18.2 Å². The lowest BCUT2D eigenvalue weighted by molar-refractivity contribution is 0.150. The molecule has 0 bridgehead atoms. The fourth-order valence-electron chi connectivity index (χ4n) is 3.57. The van der Waals surface area contributed by atoms with Crippen LogP contribution in [0.3, 0.4) is 0 Å². The number of nitrogens with two attached hydrogens (primary N) is 1. The smallest absolute Gasteiger partial charge is 0.0171 e. The molecule has 0 aromatic heterocycles. The van der Waals surface area contributed by atoms with Gasteiger partial charge in [-0.2, -0.15) is 0 Å². The van der Waals surface area contributed by atoms with Crippen LogP contribution in [0.2, 0.25) is 0 Å². The summed E-state index contributed by atoms with van der Waals surface area (Å²) in [6.07, 6.45) is 5.26. The Bertz CT molecular complexity index is 462. The van der Waals surface area contributed by atoms with Crippen LogP contribution in [-0.4, -0.2) is 30.6 Å². The quantitative estimate of drug-likeness (QED) is 0.913. The van der Waals surface area contributed by atoms with E-state index in [9.17, 15) is 0 Å². The number of hydrogen-bond donors (Lipinski definition) is 1. The van der Waals surface area contributed by atoms with Crippen molar-refractivity contribution >= 4 is 0 Å². The number of rotatable bonds is 4. The predicted molar refractivity (Wildman–Crippen MR) is 84.9 cm³/mol. The van der Waals surface area contributed by atoms with Gasteiger partial charge >= 0.3 is 0 Å². The van der Waals surface area contributed by atoms with Gasteiger partial charge in [0, 0.05) is 25.7 Å². The van der Waals surface area contributed by atoms with Crippen LogP contribution in [0.15, 0.2) is 18.2 Å². The molecule has 0 spiro atoms. The molecular formula is C18H28N2. The highest BCUT2D eigenvalue weighted by molar-refractivity contribution is 5.30. The van der Waals surface area contributed by atoms with Gasteiger partial charge in [-0.3, -0.25) is 0 Å². The van der Waals surface area contributed by atoms with Crippen LogP contribution in [0.25, 0.3) is 0 Å². The Hall–Kier alpha value is -0.860. The molecule has 2 heteroatoms. The van der Waals surface area contributed by atoms with Crippen molar-refractivity contribution < 1.29 is 0 Å². The van der Waals surface area contributed by atoms with E-state index in [1.807, 2.05) is 0 Å². The molecule has 1 saturated carbocycles. The Balaban J connectivity index is 1.61. The Morgan fingerprint density at radius 1 is 1.10 bits per heavy atom. The second-order valence-corrected chi connectivity index (χ2v) is 7.15. The summed E-state index contributed by atoms with van der Waals surface area (Å²) in [7, 11) is 0. The minimum absolute atomic E-state index is 0.374. The highest BCUT2D eigenvalue weighted by Crippen LogP contribution is 2.31. The first-order valence-corrected chi connectivity index (χ1v) is 8.14. The fourth-order valence-corrected chi connectivity index (χ4v) is 3.57. The van der Waals surface area contributed by atoms with Crippen LogP contribution in [-0.2, 0) is 6.42 Å². The summed E-state index contributed by atoms with van der Waals surface area (Å²) in [4.78, 5) is 2.62. The number of likely N-dealkylation sites (tertiary alicyclic amines) is 1. The summed E-state index contributed by atoms with van der Waals surface area (Å²) in [6, 6.07) is 7.29. The first-order chi connectivity index (χ1) is 9.60. The van der Waals surface area contributed by atoms with Crippen LogP contribution in [0.5, 0.6) is 0 Å².